The van der Waals surface area contributed by atoms with Crippen LogP contribution in [0.2, 0.25) is 0 Å². The molecule has 0 radical (unpaired) electrons. The van der Waals surface area contributed by atoms with Crippen LogP contribution in [0.3, 0.4) is 0 Å². The molecule has 10 heteroatoms. The summed E-state index contributed by atoms with van der Waals surface area (Å²) in [5.41, 5.74) is 0. The van der Waals surface area contributed by atoms with E-state index in [0.717, 1.165) is 0 Å². The topological polar surface area (TPSA) is 180 Å². The third-order valence-electron chi connectivity index (χ3n) is 4.03. The highest BCUT2D eigenvalue weighted by atomic mass is 16.6. The average Bonchev–Trinajstić information content (AvgIpc) is 2.52. The highest BCUT2D eigenvalue weighted by Gasteiger charge is 2.53. The summed E-state index contributed by atoms with van der Waals surface area (Å²) in [5, 5.41) is 77.5. The van der Waals surface area contributed by atoms with E-state index in [0.29, 0.717) is 0 Å². The summed E-state index contributed by atoms with van der Waals surface area (Å²) in [4.78, 5) is 0. The van der Waals surface area contributed by atoms with Gasteiger partial charge in [-0.15, -0.1) is 0 Å². The third kappa shape index (κ3) is 2.99. The molecule has 2 fully saturated rings. The number of hydrogen-bond acceptors (Lipinski definition) is 10. The van der Waals surface area contributed by atoms with E-state index in [4.69, 9.17) is 21.1 Å². The van der Waals surface area contributed by atoms with Crippen LogP contribution < -0.4 is 0 Å². The fourth-order valence-electron chi connectivity index (χ4n) is 2.66. The standard InChI is InChI=1S/C12H22O10/c13-1-3-5(15)7(17)9(19)11(21-3)12-10(20)8(18)6(16)4(2-14)22-12/h3-20H,1-2H2/t3-,4-,5+,6+,7+,8+,9-,10-,11?,12?/m1/s1/i9D. The van der Waals surface area contributed by atoms with Crippen LogP contribution in [0.25, 0.3) is 0 Å². The zero-order valence-electron chi connectivity index (χ0n) is 12.5. The smallest absolute Gasteiger partial charge is 0.115 e. The van der Waals surface area contributed by atoms with Gasteiger partial charge in [0.05, 0.1) is 14.6 Å². The second-order valence-corrected chi connectivity index (χ2v) is 5.43. The van der Waals surface area contributed by atoms with Crippen molar-refractivity contribution in [1.82, 2.24) is 0 Å². The molecule has 10 nitrogen and oxygen atoms in total. The van der Waals surface area contributed by atoms with Gasteiger partial charge in [0.1, 0.15) is 61.0 Å². The van der Waals surface area contributed by atoms with Crippen LogP contribution in [-0.4, -0.2) is 115 Å². The van der Waals surface area contributed by atoms with E-state index in [-0.39, 0.29) is 0 Å². The monoisotopic (exact) mass is 327 g/mol. The van der Waals surface area contributed by atoms with Crippen LogP contribution >= 0.6 is 0 Å². The van der Waals surface area contributed by atoms with Crippen molar-refractivity contribution in [2.24, 2.45) is 0 Å². The lowest BCUT2D eigenvalue weighted by atomic mass is 9.86. The Morgan fingerprint density at radius 2 is 1.09 bits per heavy atom. The summed E-state index contributed by atoms with van der Waals surface area (Å²) in [5.74, 6) is 0. The van der Waals surface area contributed by atoms with E-state index in [1.165, 1.54) is 0 Å². The van der Waals surface area contributed by atoms with Gasteiger partial charge in [0.15, 0.2) is 0 Å². The summed E-state index contributed by atoms with van der Waals surface area (Å²) >= 11 is 0. The van der Waals surface area contributed by atoms with Gasteiger partial charge in [-0.2, -0.15) is 0 Å². The van der Waals surface area contributed by atoms with Crippen LogP contribution in [0.15, 0.2) is 0 Å². The first-order valence-corrected chi connectivity index (χ1v) is 6.82. The van der Waals surface area contributed by atoms with Gasteiger partial charge in [0.2, 0.25) is 0 Å². The molecule has 0 spiro atoms. The van der Waals surface area contributed by atoms with Crippen molar-refractivity contribution in [2.75, 3.05) is 13.2 Å². The molecule has 0 bridgehead atoms. The maximum absolute atomic E-state index is 10.1. The molecule has 2 saturated heterocycles. The van der Waals surface area contributed by atoms with Gasteiger partial charge >= 0.3 is 0 Å². The third-order valence-corrected chi connectivity index (χ3v) is 4.03. The van der Waals surface area contributed by atoms with Gasteiger partial charge in [-0.05, 0) is 0 Å². The van der Waals surface area contributed by atoms with E-state index in [1.807, 2.05) is 0 Å². The van der Waals surface area contributed by atoms with Gasteiger partial charge in [0, 0.05) is 0 Å². The highest BCUT2D eigenvalue weighted by Crippen LogP contribution is 2.31. The first-order chi connectivity index (χ1) is 10.7. The fraction of sp³-hybridized carbons (Fsp3) is 1.00. The Kier molecular flexibility index (Phi) is 5.24. The maximum Gasteiger partial charge on any atom is 0.115 e. The summed E-state index contributed by atoms with van der Waals surface area (Å²) in [6, 6.07) is 0. The van der Waals surface area contributed by atoms with Gasteiger partial charge in [-0.25, -0.2) is 0 Å². The van der Waals surface area contributed by atoms with Crippen LogP contribution in [0, 0.1) is 0 Å². The Labute approximate surface area is 127 Å². The second-order valence-electron chi connectivity index (χ2n) is 5.43. The molecule has 8 N–H and O–H groups in total. The largest absolute Gasteiger partial charge is 0.394 e. The molecule has 10 atom stereocenters. The number of hydrogen-bond donors (Lipinski definition) is 8. The first kappa shape index (κ1) is 16.5. The van der Waals surface area contributed by atoms with Crippen molar-refractivity contribution < 1.29 is 51.7 Å². The Hall–Kier alpha value is -0.400. The molecular formula is C12H22O10. The Balaban J connectivity index is 2.30. The molecule has 0 aromatic heterocycles. The molecule has 22 heavy (non-hydrogen) atoms. The van der Waals surface area contributed by atoms with E-state index in [9.17, 15) is 30.6 Å². The Bertz CT molecular complexity index is 407. The molecule has 0 aliphatic carbocycles. The minimum Gasteiger partial charge on any atom is -0.394 e. The lowest BCUT2D eigenvalue weighted by molar-refractivity contribution is -0.302. The number of rotatable bonds is 3. The highest BCUT2D eigenvalue weighted by molar-refractivity contribution is 5.02. The molecule has 130 valence electrons. The average molecular weight is 327 g/mol. The van der Waals surface area contributed by atoms with E-state index in [2.05, 4.69) is 0 Å². The number of aliphatic hydroxyl groups is 8. The molecule has 0 saturated carbocycles. The number of aliphatic hydroxyl groups excluding tert-OH is 7. The van der Waals surface area contributed by atoms with Crippen LogP contribution in [0.4, 0.5) is 0 Å². The first-order valence-electron chi connectivity index (χ1n) is 7.32. The van der Waals surface area contributed by atoms with Crippen molar-refractivity contribution in [3.63, 3.8) is 0 Å². The second kappa shape index (κ2) is 7.01. The summed E-state index contributed by atoms with van der Waals surface area (Å²) < 4.78 is 18.1. The predicted molar refractivity (Wildman–Crippen MR) is 67.5 cm³/mol. The lowest BCUT2D eigenvalue weighted by Gasteiger charge is -2.48. The van der Waals surface area contributed by atoms with Crippen LogP contribution in [-0.2, 0) is 9.47 Å². The van der Waals surface area contributed by atoms with Crippen LogP contribution in [0.5, 0.6) is 0 Å². The SMILES string of the molecule is [2H][C@]1(O)C(C2O[C@H](CO)[C@H](O)[C@H](O)[C@H]2O)O[C@H](CO)[C@H](O)[C@@H]1O. The molecule has 2 aliphatic rings. The molecule has 0 amide bonds. The summed E-state index contributed by atoms with van der Waals surface area (Å²) in [6.45, 7) is -1.47. The van der Waals surface area contributed by atoms with Gasteiger partial charge in [-0.1, -0.05) is 0 Å². The fourth-order valence-corrected chi connectivity index (χ4v) is 2.66. The minimum atomic E-state index is -2.83. The van der Waals surface area contributed by atoms with Gasteiger partial charge in [-0.3, -0.25) is 0 Å². The van der Waals surface area contributed by atoms with E-state index in [1.54, 1.807) is 0 Å². The molecule has 2 heterocycles. The minimum absolute atomic E-state index is 0.723. The van der Waals surface area contributed by atoms with Gasteiger partial charge in [0.25, 0.3) is 0 Å². The molecule has 0 aromatic carbocycles. The van der Waals surface area contributed by atoms with Crippen molar-refractivity contribution in [3.8, 4) is 0 Å². The Morgan fingerprint density at radius 1 is 0.636 bits per heavy atom. The lowest BCUT2D eigenvalue weighted by Crippen LogP contribution is -2.68. The number of ether oxygens (including phenoxy) is 2. The zero-order chi connectivity index (χ0) is 17.5. The molecule has 0 aromatic rings. The van der Waals surface area contributed by atoms with Crippen molar-refractivity contribution >= 4 is 0 Å². The molecular weight excluding hydrogens is 304 g/mol. The predicted octanol–water partition coefficient (Wildman–Crippen LogP) is -5.33. The summed E-state index contributed by atoms with van der Waals surface area (Å²) in [7, 11) is 0. The molecule has 2 aliphatic heterocycles. The van der Waals surface area contributed by atoms with Crippen molar-refractivity contribution in [1.29, 1.82) is 0 Å². The van der Waals surface area contributed by atoms with Crippen LogP contribution in [0.1, 0.15) is 1.37 Å². The van der Waals surface area contributed by atoms with E-state index >= 15 is 0 Å². The quantitative estimate of drug-likeness (QED) is 0.249. The van der Waals surface area contributed by atoms with Crippen molar-refractivity contribution in [2.45, 2.75) is 61.0 Å². The Morgan fingerprint density at radius 3 is 1.59 bits per heavy atom. The zero-order valence-corrected chi connectivity index (χ0v) is 11.5. The normalized spacial score (nSPS) is 57.5. The molecule has 2 rings (SSSR count). The molecule has 2 unspecified atom stereocenters. The van der Waals surface area contributed by atoms with E-state index < -0.39 is 74.2 Å². The van der Waals surface area contributed by atoms with Crippen molar-refractivity contribution in [3.05, 3.63) is 0 Å². The summed E-state index contributed by atoms with van der Waals surface area (Å²) in [6.07, 6.45) is -17.9. The maximum atomic E-state index is 10.1. The van der Waals surface area contributed by atoms with Gasteiger partial charge < -0.3 is 50.3 Å².